The summed E-state index contributed by atoms with van der Waals surface area (Å²) in [5.41, 5.74) is 7.86. The van der Waals surface area contributed by atoms with Crippen LogP contribution in [0.4, 0.5) is 5.69 Å². The van der Waals surface area contributed by atoms with Crippen molar-refractivity contribution in [1.29, 1.82) is 0 Å². The van der Waals surface area contributed by atoms with Crippen LogP contribution in [0.3, 0.4) is 0 Å². The van der Waals surface area contributed by atoms with Gasteiger partial charge in [0.05, 0.1) is 4.87 Å². The van der Waals surface area contributed by atoms with Gasteiger partial charge in [0, 0.05) is 18.0 Å². The van der Waals surface area contributed by atoms with Crippen LogP contribution >= 0.6 is 11.8 Å². The van der Waals surface area contributed by atoms with Crippen molar-refractivity contribution < 1.29 is 0 Å². The van der Waals surface area contributed by atoms with Crippen LogP contribution in [-0.4, -0.2) is 12.3 Å². The Morgan fingerprint density at radius 2 is 2.14 bits per heavy atom. The largest absolute Gasteiger partial charge is 0.399 e. The molecule has 3 heteroatoms. The van der Waals surface area contributed by atoms with E-state index in [0.29, 0.717) is 0 Å². The number of nitrogens with two attached hydrogens (primary N) is 1. The molecule has 0 bridgehead atoms. The second-order valence-electron chi connectivity index (χ2n) is 3.58. The van der Waals surface area contributed by atoms with Crippen LogP contribution in [0.1, 0.15) is 18.9 Å². The molecule has 1 atom stereocenters. The average Bonchev–Trinajstić information content (AvgIpc) is 2.68. The van der Waals surface area contributed by atoms with Crippen LogP contribution in [0, 0.1) is 0 Å². The van der Waals surface area contributed by atoms with Crippen molar-refractivity contribution in [3.8, 4) is 0 Å². The third-order valence-corrected chi connectivity index (χ3v) is 4.31. The van der Waals surface area contributed by atoms with E-state index in [1.807, 2.05) is 23.9 Å². The lowest BCUT2D eigenvalue weighted by molar-refractivity contribution is 0.509. The Kier molecular flexibility index (Phi) is 2.70. The SMILES string of the molecule is CCC1(c2ccc(N)cc2)NCCS1. The van der Waals surface area contributed by atoms with Gasteiger partial charge in [-0.05, 0) is 24.1 Å². The van der Waals surface area contributed by atoms with E-state index in [-0.39, 0.29) is 4.87 Å². The monoisotopic (exact) mass is 208 g/mol. The molecule has 1 fully saturated rings. The topological polar surface area (TPSA) is 38.0 Å². The lowest BCUT2D eigenvalue weighted by atomic mass is 10.0. The van der Waals surface area contributed by atoms with Crippen LogP contribution in [0.2, 0.25) is 0 Å². The first-order valence-corrected chi connectivity index (χ1v) is 6.00. The minimum atomic E-state index is 0.133. The first-order chi connectivity index (χ1) is 6.77. The zero-order valence-electron chi connectivity index (χ0n) is 8.42. The van der Waals surface area contributed by atoms with Gasteiger partial charge in [-0.1, -0.05) is 19.1 Å². The summed E-state index contributed by atoms with van der Waals surface area (Å²) in [6, 6.07) is 8.22. The minimum Gasteiger partial charge on any atom is -0.399 e. The van der Waals surface area contributed by atoms with Gasteiger partial charge in [-0.25, -0.2) is 0 Å². The molecule has 1 aromatic rings. The number of anilines is 1. The van der Waals surface area contributed by atoms with Gasteiger partial charge in [0.15, 0.2) is 0 Å². The fraction of sp³-hybridized carbons (Fsp3) is 0.455. The highest BCUT2D eigenvalue weighted by molar-refractivity contribution is 8.00. The molecule has 14 heavy (non-hydrogen) atoms. The molecular weight excluding hydrogens is 192 g/mol. The molecule has 1 aliphatic heterocycles. The second kappa shape index (κ2) is 3.83. The van der Waals surface area contributed by atoms with E-state index in [1.165, 1.54) is 11.3 Å². The van der Waals surface area contributed by atoms with Gasteiger partial charge in [-0.2, -0.15) is 0 Å². The summed E-state index contributed by atoms with van der Waals surface area (Å²) in [7, 11) is 0. The number of nitrogen functional groups attached to an aromatic ring is 1. The summed E-state index contributed by atoms with van der Waals surface area (Å²) in [5, 5.41) is 3.58. The van der Waals surface area contributed by atoms with Gasteiger partial charge in [-0.3, -0.25) is 5.32 Å². The first kappa shape index (κ1) is 9.87. The van der Waals surface area contributed by atoms with Gasteiger partial charge in [0.2, 0.25) is 0 Å². The molecule has 1 aromatic carbocycles. The minimum absolute atomic E-state index is 0.133. The fourth-order valence-electron chi connectivity index (χ4n) is 1.90. The maximum atomic E-state index is 5.68. The van der Waals surface area contributed by atoms with E-state index in [1.54, 1.807) is 0 Å². The van der Waals surface area contributed by atoms with Gasteiger partial charge in [0.1, 0.15) is 0 Å². The van der Waals surface area contributed by atoms with Crippen LogP contribution in [-0.2, 0) is 4.87 Å². The van der Waals surface area contributed by atoms with Gasteiger partial charge < -0.3 is 5.73 Å². The lowest BCUT2D eigenvalue weighted by Gasteiger charge is -2.27. The van der Waals surface area contributed by atoms with Crippen molar-refractivity contribution in [1.82, 2.24) is 5.32 Å². The van der Waals surface area contributed by atoms with Crippen molar-refractivity contribution in [2.45, 2.75) is 18.2 Å². The standard InChI is InChI=1S/C11H16N2S/c1-2-11(13-7-8-14-11)9-3-5-10(12)6-4-9/h3-6,13H,2,7-8,12H2,1H3. The Morgan fingerprint density at radius 1 is 1.43 bits per heavy atom. The third-order valence-electron chi connectivity index (χ3n) is 2.74. The molecule has 76 valence electrons. The molecule has 1 heterocycles. The Morgan fingerprint density at radius 3 is 2.64 bits per heavy atom. The molecular formula is C11H16N2S. The Balaban J connectivity index is 2.31. The van der Waals surface area contributed by atoms with E-state index >= 15 is 0 Å². The summed E-state index contributed by atoms with van der Waals surface area (Å²) in [6.45, 7) is 3.32. The Labute approximate surface area is 89.3 Å². The number of nitrogens with one attached hydrogen (secondary N) is 1. The van der Waals surface area contributed by atoms with Crippen molar-refractivity contribution >= 4 is 17.4 Å². The van der Waals surface area contributed by atoms with E-state index in [0.717, 1.165) is 18.7 Å². The quantitative estimate of drug-likeness (QED) is 0.732. The smallest absolute Gasteiger partial charge is 0.0899 e. The molecule has 0 amide bonds. The molecule has 0 radical (unpaired) electrons. The van der Waals surface area contributed by atoms with Crippen molar-refractivity contribution in [3.63, 3.8) is 0 Å². The van der Waals surface area contributed by atoms with Gasteiger partial charge in [0.25, 0.3) is 0 Å². The predicted molar refractivity (Wildman–Crippen MR) is 63.3 cm³/mol. The lowest BCUT2D eigenvalue weighted by Crippen LogP contribution is -2.33. The summed E-state index contributed by atoms with van der Waals surface area (Å²) < 4.78 is 0. The summed E-state index contributed by atoms with van der Waals surface area (Å²) in [4.78, 5) is 0.133. The molecule has 0 aliphatic carbocycles. The number of hydrogen-bond donors (Lipinski definition) is 2. The van der Waals surface area contributed by atoms with Crippen LogP contribution in [0.25, 0.3) is 0 Å². The maximum Gasteiger partial charge on any atom is 0.0899 e. The molecule has 3 N–H and O–H groups in total. The highest BCUT2D eigenvalue weighted by Gasteiger charge is 2.33. The molecule has 2 nitrogen and oxygen atoms in total. The Bertz CT molecular complexity index is 302. The molecule has 1 aliphatic rings. The van der Waals surface area contributed by atoms with Crippen LogP contribution in [0.15, 0.2) is 24.3 Å². The summed E-state index contributed by atoms with van der Waals surface area (Å²) in [6.07, 6.45) is 1.11. The normalized spacial score (nSPS) is 26.6. The fourth-order valence-corrected chi connectivity index (χ4v) is 3.16. The molecule has 1 unspecified atom stereocenters. The van der Waals surface area contributed by atoms with E-state index in [4.69, 9.17) is 5.73 Å². The van der Waals surface area contributed by atoms with Crippen LogP contribution in [0.5, 0.6) is 0 Å². The maximum absolute atomic E-state index is 5.68. The van der Waals surface area contributed by atoms with Crippen molar-refractivity contribution in [2.24, 2.45) is 0 Å². The number of thioether (sulfide) groups is 1. The molecule has 0 saturated carbocycles. The number of rotatable bonds is 2. The van der Waals surface area contributed by atoms with E-state index in [2.05, 4.69) is 24.4 Å². The molecule has 0 spiro atoms. The third kappa shape index (κ3) is 1.62. The zero-order valence-corrected chi connectivity index (χ0v) is 9.23. The van der Waals surface area contributed by atoms with E-state index in [9.17, 15) is 0 Å². The Hall–Kier alpha value is -0.670. The summed E-state index contributed by atoms with van der Waals surface area (Å²) >= 11 is 2.00. The predicted octanol–water partition coefficient (Wildman–Crippen LogP) is 2.17. The molecule has 1 saturated heterocycles. The van der Waals surface area contributed by atoms with Gasteiger partial charge in [-0.15, -0.1) is 11.8 Å². The second-order valence-corrected chi connectivity index (χ2v) is 4.97. The number of hydrogen-bond acceptors (Lipinski definition) is 3. The highest BCUT2D eigenvalue weighted by atomic mass is 32.2. The first-order valence-electron chi connectivity index (χ1n) is 5.02. The van der Waals surface area contributed by atoms with Crippen LogP contribution < -0.4 is 11.1 Å². The van der Waals surface area contributed by atoms with Crippen molar-refractivity contribution in [2.75, 3.05) is 18.0 Å². The molecule has 0 aromatic heterocycles. The summed E-state index contributed by atoms with van der Waals surface area (Å²) in [5.74, 6) is 1.19. The van der Waals surface area contributed by atoms with E-state index < -0.39 is 0 Å². The average molecular weight is 208 g/mol. The number of benzene rings is 1. The van der Waals surface area contributed by atoms with Crippen molar-refractivity contribution in [3.05, 3.63) is 29.8 Å². The zero-order chi connectivity index (χ0) is 10.0. The highest BCUT2D eigenvalue weighted by Crippen LogP contribution is 2.40. The molecule has 2 rings (SSSR count). The van der Waals surface area contributed by atoms with Gasteiger partial charge >= 0.3 is 0 Å².